The van der Waals surface area contributed by atoms with Crippen molar-refractivity contribution < 1.29 is 4.79 Å². The van der Waals surface area contributed by atoms with Gasteiger partial charge in [0, 0.05) is 11.9 Å². The smallest absolute Gasteiger partial charge is 0.258 e. The Morgan fingerprint density at radius 1 is 1.26 bits per heavy atom. The van der Waals surface area contributed by atoms with E-state index in [1.165, 1.54) is 0 Å². The van der Waals surface area contributed by atoms with Crippen LogP contribution in [0.4, 0.5) is 5.69 Å². The number of hydrogen-bond donors (Lipinski definition) is 1. The maximum absolute atomic E-state index is 12.1. The highest BCUT2D eigenvalue weighted by molar-refractivity contribution is 9.10. The Balaban J connectivity index is 1.88. The zero-order valence-corrected chi connectivity index (χ0v) is 12.0. The van der Waals surface area contributed by atoms with Crippen molar-refractivity contribution >= 4 is 49.1 Å². The van der Waals surface area contributed by atoms with Gasteiger partial charge in [0.05, 0.1) is 21.3 Å². The second-order valence-electron chi connectivity index (χ2n) is 3.83. The first-order chi connectivity index (χ1) is 9.24. The van der Waals surface area contributed by atoms with Gasteiger partial charge in [-0.15, -0.1) is 11.3 Å². The van der Waals surface area contributed by atoms with Crippen LogP contribution in [0.25, 0.3) is 10.2 Å². The number of carbonyl (C=O) groups is 1. The first kappa shape index (κ1) is 12.3. The van der Waals surface area contributed by atoms with Gasteiger partial charge in [-0.3, -0.25) is 4.79 Å². The van der Waals surface area contributed by atoms with Crippen LogP contribution in [0.3, 0.4) is 0 Å². The van der Waals surface area contributed by atoms with Crippen LogP contribution in [0.1, 0.15) is 10.4 Å². The third-order valence-corrected chi connectivity index (χ3v) is 4.02. The summed E-state index contributed by atoms with van der Waals surface area (Å²) >= 11 is 4.81. The summed E-state index contributed by atoms with van der Waals surface area (Å²) in [6, 6.07) is 9.09. The molecule has 6 heteroatoms. The molecule has 0 unspecified atom stereocenters. The fourth-order valence-corrected chi connectivity index (χ4v) is 2.83. The van der Waals surface area contributed by atoms with Crippen LogP contribution in [0.5, 0.6) is 0 Å². The number of fused-ring (bicyclic) bond motifs is 1. The Kier molecular flexibility index (Phi) is 3.27. The monoisotopic (exact) mass is 333 g/mol. The molecule has 3 aromatic rings. The molecular weight excluding hydrogens is 326 g/mol. The number of benzene rings is 1. The fraction of sp³-hybridized carbons (Fsp3) is 0. The summed E-state index contributed by atoms with van der Waals surface area (Å²) in [5, 5.41) is 2.85. The van der Waals surface area contributed by atoms with Crippen molar-refractivity contribution in [3.8, 4) is 0 Å². The summed E-state index contributed by atoms with van der Waals surface area (Å²) in [6.07, 6.45) is 1.63. The maximum atomic E-state index is 12.1. The average molecular weight is 334 g/mol. The van der Waals surface area contributed by atoms with E-state index in [1.54, 1.807) is 35.2 Å². The van der Waals surface area contributed by atoms with Gasteiger partial charge in [-0.2, -0.15) is 0 Å². The van der Waals surface area contributed by atoms with E-state index < -0.39 is 0 Å². The molecule has 1 amide bonds. The van der Waals surface area contributed by atoms with Crippen molar-refractivity contribution in [1.82, 2.24) is 9.97 Å². The van der Waals surface area contributed by atoms with E-state index in [0.717, 1.165) is 15.9 Å². The molecule has 2 aromatic heterocycles. The van der Waals surface area contributed by atoms with E-state index in [1.807, 2.05) is 18.2 Å². The fourth-order valence-electron chi connectivity index (χ4n) is 1.69. The van der Waals surface area contributed by atoms with Crippen LogP contribution in [-0.4, -0.2) is 15.9 Å². The second kappa shape index (κ2) is 5.07. The number of anilines is 1. The molecular formula is C13H8BrN3OS. The second-order valence-corrected chi connectivity index (χ2v) is 5.47. The first-order valence-corrected chi connectivity index (χ1v) is 7.16. The van der Waals surface area contributed by atoms with Gasteiger partial charge >= 0.3 is 0 Å². The van der Waals surface area contributed by atoms with Gasteiger partial charge in [-0.1, -0.05) is 0 Å². The van der Waals surface area contributed by atoms with Gasteiger partial charge in [-0.05, 0) is 46.3 Å². The molecule has 3 rings (SSSR count). The van der Waals surface area contributed by atoms with Crippen LogP contribution in [-0.2, 0) is 0 Å². The number of hydrogen-bond acceptors (Lipinski definition) is 4. The topological polar surface area (TPSA) is 54.9 Å². The maximum Gasteiger partial charge on any atom is 0.258 e. The molecule has 94 valence electrons. The summed E-state index contributed by atoms with van der Waals surface area (Å²) in [4.78, 5) is 20.3. The van der Waals surface area contributed by atoms with Gasteiger partial charge in [0.1, 0.15) is 4.60 Å². The van der Waals surface area contributed by atoms with E-state index in [2.05, 4.69) is 31.2 Å². The molecule has 1 N–H and O–H groups in total. The lowest BCUT2D eigenvalue weighted by Gasteiger charge is -2.06. The molecule has 0 aliphatic heterocycles. The zero-order chi connectivity index (χ0) is 13.2. The number of pyridine rings is 1. The lowest BCUT2D eigenvalue weighted by Crippen LogP contribution is -2.12. The lowest BCUT2D eigenvalue weighted by atomic mass is 10.2. The van der Waals surface area contributed by atoms with E-state index in [4.69, 9.17) is 0 Å². The van der Waals surface area contributed by atoms with Crippen LogP contribution in [0, 0.1) is 0 Å². The molecule has 0 saturated carbocycles. The number of thiazole rings is 1. The van der Waals surface area contributed by atoms with Crippen molar-refractivity contribution in [1.29, 1.82) is 0 Å². The Morgan fingerprint density at radius 3 is 3.00 bits per heavy atom. The van der Waals surface area contributed by atoms with Crippen molar-refractivity contribution in [2.45, 2.75) is 0 Å². The molecule has 0 aliphatic rings. The third-order valence-electron chi connectivity index (χ3n) is 2.59. The minimum Gasteiger partial charge on any atom is -0.322 e. The van der Waals surface area contributed by atoms with Crippen molar-refractivity contribution in [3.63, 3.8) is 0 Å². The van der Waals surface area contributed by atoms with E-state index >= 15 is 0 Å². The summed E-state index contributed by atoms with van der Waals surface area (Å²) in [5.74, 6) is -0.191. The molecule has 0 radical (unpaired) electrons. The number of aromatic nitrogens is 2. The first-order valence-electron chi connectivity index (χ1n) is 5.49. The van der Waals surface area contributed by atoms with Crippen LogP contribution in [0.15, 0.2) is 46.6 Å². The number of carbonyl (C=O) groups excluding carboxylic acids is 1. The SMILES string of the molecule is O=C(Nc1ccc2ncsc2c1)c1cccnc1Br. The highest BCUT2D eigenvalue weighted by Crippen LogP contribution is 2.22. The number of nitrogens with zero attached hydrogens (tertiary/aromatic N) is 2. The largest absolute Gasteiger partial charge is 0.322 e. The number of halogens is 1. The van der Waals surface area contributed by atoms with Gasteiger partial charge in [-0.25, -0.2) is 9.97 Å². The summed E-state index contributed by atoms with van der Waals surface area (Å²) < 4.78 is 1.58. The molecule has 2 heterocycles. The predicted molar refractivity (Wildman–Crippen MR) is 79.5 cm³/mol. The summed E-state index contributed by atoms with van der Waals surface area (Å²) in [5.41, 5.74) is 3.98. The standard InChI is InChI=1S/C13H8BrN3OS/c14-12-9(2-1-5-15-12)13(18)17-8-3-4-10-11(6-8)19-7-16-10/h1-7H,(H,17,18). The molecule has 19 heavy (non-hydrogen) atoms. The average Bonchev–Trinajstić information content (AvgIpc) is 2.86. The van der Waals surface area contributed by atoms with Crippen molar-refractivity contribution in [3.05, 3.63) is 52.2 Å². The van der Waals surface area contributed by atoms with E-state index in [0.29, 0.717) is 10.2 Å². The predicted octanol–water partition coefficient (Wildman–Crippen LogP) is 3.71. The number of amides is 1. The summed E-state index contributed by atoms with van der Waals surface area (Å²) in [6.45, 7) is 0. The Bertz CT molecular complexity index is 756. The minimum atomic E-state index is -0.191. The van der Waals surface area contributed by atoms with Gasteiger partial charge in [0.25, 0.3) is 5.91 Å². The molecule has 0 bridgehead atoms. The van der Waals surface area contributed by atoms with Crippen LogP contribution in [0.2, 0.25) is 0 Å². The zero-order valence-electron chi connectivity index (χ0n) is 9.63. The molecule has 0 spiro atoms. The molecule has 0 atom stereocenters. The quantitative estimate of drug-likeness (QED) is 0.727. The third kappa shape index (κ3) is 2.50. The molecule has 0 fully saturated rings. The van der Waals surface area contributed by atoms with Crippen LogP contribution < -0.4 is 5.32 Å². The Hall–Kier alpha value is -1.79. The summed E-state index contributed by atoms with van der Waals surface area (Å²) in [7, 11) is 0. The molecule has 1 aromatic carbocycles. The number of rotatable bonds is 2. The van der Waals surface area contributed by atoms with Crippen LogP contribution >= 0.6 is 27.3 Å². The lowest BCUT2D eigenvalue weighted by molar-refractivity contribution is 0.102. The Morgan fingerprint density at radius 2 is 2.16 bits per heavy atom. The minimum absolute atomic E-state index is 0.191. The highest BCUT2D eigenvalue weighted by atomic mass is 79.9. The normalized spacial score (nSPS) is 10.6. The highest BCUT2D eigenvalue weighted by Gasteiger charge is 2.10. The van der Waals surface area contributed by atoms with Gasteiger partial charge in [0.15, 0.2) is 0 Å². The van der Waals surface area contributed by atoms with Crippen molar-refractivity contribution in [2.24, 2.45) is 0 Å². The molecule has 4 nitrogen and oxygen atoms in total. The molecule has 0 aliphatic carbocycles. The van der Waals surface area contributed by atoms with Gasteiger partial charge < -0.3 is 5.32 Å². The molecule has 0 saturated heterocycles. The van der Waals surface area contributed by atoms with Crippen molar-refractivity contribution in [2.75, 3.05) is 5.32 Å². The van der Waals surface area contributed by atoms with E-state index in [9.17, 15) is 4.79 Å². The Labute approximate surface area is 121 Å². The van der Waals surface area contributed by atoms with Gasteiger partial charge in [0.2, 0.25) is 0 Å². The number of nitrogens with one attached hydrogen (secondary N) is 1. The van der Waals surface area contributed by atoms with E-state index in [-0.39, 0.29) is 5.91 Å².